The normalized spacial score (nSPS) is 11.5. The van der Waals surface area contributed by atoms with Gasteiger partial charge in [-0.3, -0.25) is 0 Å². The molecule has 0 aliphatic rings. The van der Waals surface area contributed by atoms with Crippen molar-refractivity contribution in [2.24, 2.45) is 0 Å². The molecule has 0 heterocycles. The Labute approximate surface area is 156 Å². The topological polar surface area (TPSA) is 0 Å². The highest BCUT2D eigenvalue weighted by atomic mass is 14.2. The summed E-state index contributed by atoms with van der Waals surface area (Å²) in [6.45, 7) is 0. The van der Waals surface area contributed by atoms with E-state index < -0.39 is 0 Å². The van der Waals surface area contributed by atoms with Crippen LogP contribution in [0.3, 0.4) is 0 Å². The van der Waals surface area contributed by atoms with Gasteiger partial charge in [0, 0.05) is 0 Å². The second-order valence-electron chi connectivity index (χ2n) is 6.20. The third-order valence-electron chi connectivity index (χ3n) is 4.76. The van der Waals surface area contributed by atoms with Crippen LogP contribution in [0.5, 0.6) is 0 Å². The fourth-order valence-corrected chi connectivity index (χ4v) is 3.58. The van der Waals surface area contributed by atoms with Crippen LogP contribution in [0.1, 0.15) is 0 Å². The van der Waals surface area contributed by atoms with Crippen LogP contribution in [0.25, 0.3) is 32.3 Å². The molecule has 4 aromatic carbocycles. The Bertz CT molecular complexity index is 1210. The molecule has 0 aliphatic carbocycles. The second-order valence-corrected chi connectivity index (χ2v) is 6.20. The van der Waals surface area contributed by atoms with Gasteiger partial charge in [-0.25, -0.2) is 0 Å². The molecule has 98 valence electrons. The van der Waals surface area contributed by atoms with E-state index in [0.717, 1.165) is 21.5 Å². The standard InChI is InChI=1S/C18H5B7/c19-8-3-1-2-6-12(8)7-4-10(21)17(24)18(25)14(7)15-13(6)9(20)5-11(22)16(15)23/h1-5H. The van der Waals surface area contributed by atoms with Crippen LogP contribution in [0.15, 0.2) is 30.3 Å². The van der Waals surface area contributed by atoms with Crippen molar-refractivity contribution in [2.75, 3.05) is 0 Å². The second kappa shape index (κ2) is 5.56. The Morgan fingerprint density at radius 1 is 0.440 bits per heavy atom. The maximum Gasteiger partial charge on any atom is 0.114 e. The summed E-state index contributed by atoms with van der Waals surface area (Å²) < 4.78 is 0. The molecular formula is C18H5B7. The average molecular weight is 297 g/mol. The van der Waals surface area contributed by atoms with E-state index in [2.05, 4.69) is 0 Å². The van der Waals surface area contributed by atoms with Gasteiger partial charge in [-0.2, -0.15) is 0 Å². The summed E-state index contributed by atoms with van der Waals surface area (Å²) in [5, 5.41) is 4.49. The smallest absolute Gasteiger partial charge is 0.110 e. The van der Waals surface area contributed by atoms with Crippen LogP contribution in [-0.2, 0) is 0 Å². The number of benzene rings is 4. The molecule has 7 heteroatoms. The maximum atomic E-state index is 6.31. The van der Waals surface area contributed by atoms with E-state index in [4.69, 9.17) is 54.9 Å². The lowest BCUT2D eigenvalue weighted by Gasteiger charge is -2.22. The van der Waals surface area contributed by atoms with E-state index in [1.54, 1.807) is 12.1 Å². The summed E-state index contributed by atoms with van der Waals surface area (Å²) in [5.41, 5.74) is 2.87. The molecule has 0 nitrogen and oxygen atoms in total. The van der Waals surface area contributed by atoms with Gasteiger partial charge in [0.25, 0.3) is 0 Å². The molecule has 0 unspecified atom stereocenters. The van der Waals surface area contributed by atoms with E-state index in [1.807, 2.05) is 18.2 Å². The molecule has 0 aromatic heterocycles. The van der Waals surface area contributed by atoms with E-state index in [1.165, 1.54) is 0 Å². The molecule has 0 saturated heterocycles. The molecule has 25 heavy (non-hydrogen) atoms. The van der Waals surface area contributed by atoms with Gasteiger partial charge in [0.05, 0.1) is 0 Å². The molecule has 0 bridgehead atoms. The summed E-state index contributed by atoms with van der Waals surface area (Å²) in [7, 11) is 43.3. The first-order chi connectivity index (χ1) is 11.8. The molecule has 0 aliphatic heterocycles. The van der Waals surface area contributed by atoms with Crippen LogP contribution in [0.4, 0.5) is 0 Å². The number of hydrogen-bond donors (Lipinski definition) is 0. The molecule has 0 saturated carbocycles. The van der Waals surface area contributed by atoms with Crippen molar-refractivity contribution in [3.63, 3.8) is 0 Å². The summed E-state index contributed by atoms with van der Waals surface area (Å²) in [4.78, 5) is 0. The highest BCUT2D eigenvalue weighted by Gasteiger charge is 2.16. The first kappa shape index (κ1) is 16.6. The van der Waals surface area contributed by atoms with Crippen molar-refractivity contribution in [2.45, 2.75) is 0 Å². The summed E-state index contributed by atoms with van der Waals surface area (Å²) >= 11 is 0. The quantitative estimate of drug-likeness (QED) is 0.236. The molecule has 4 rings (SSSR count). The number of rotatable bonds is 0. The maximum absolute atomic E-state index is 6.31. The van der Waals surface area contributed by atoms with Crippen molar-refractivity contribution in [1.82, 2.24) is 0 Å². The van der Waals surface area contributed by atoms with E-state index in [0.29, 0.717) is 49.0 Å². The largest absolute Gasteiger partial charge is 0.114 e. The van der Waals surface area contributed by atoms with Gasteiger partial charge in [0.2, 0.25) is 0 Å². The third kappa shape index (κ3) is 2.18. The predicted molar refractivity (Wildman–Crippen MR) is 117 cm³/mol. The van der Waals surface area contributed by atoms with Crippen LogP contribution in [0, 0.1) is 0 Å². The molecule has 0 spiro atoms. The lowest BCUT2D eigenvalue weighted by molar-refractivity contribution is 1.88. The van der Waals surface area contributed by atoms with Gasteiger partial charge in [0.15, 0.2) is 0 Å². The highest BCUT2D eigenvalue weighted by Crippen LogP contribution is 2.30. The molecule has 4 aromatic rings. The number of hydrogen-bond acceptors (Lipinski definition) is 0. The molecular weight excluding hydrogens is 292 g/mol. The van der Waals surface area contributed by atoms with E-state index in [9.17, 15) is 0 Å². The minimum absolute atomic E-state index is 0.294. The van der Waals surface area contributed by atoms with Gasteiger partial charge in [0.1, 0.15) is 54.9 Å². The average Bonchev–Trinajstić information content (AvgIpc) is 2.56. The third-order valence-corrected chi connectivity index (χ3v) is 4.76. The van der Waals surface area contributed by atoms with Gasteiger partial charge >= 0.3 is 0 Å². The van der Waals surface area contributed by atoms with Gasteiger partial charge in [-0.05, 0) is 32.3 Å². The lowest BCUT2D eigenvalue weighted by atomic mass is 9.65. The molecule has 0 N–H and O–H groups in total. The minimum atomic E-state index is 0.294. The monoisotopic (exact) mass is 298 g/mol. The van der Waals surface area contributed by atoms with Crippen LogP contribution < -0.4 is 38.2 Å². The fraction of sp³-hybridized carbons (Fsp3) is 0. The van der Waals surface area contributed by atoms with Crippen molar-refractivity contribution < 1.29 is 0 Å². The first-order valence-electron chi connectivity index (χ1n) is 7.67. The fourth-order valence-electron chi connectivity index (χ4n) is 3.58. The van der Waals surface area contributed by atoms with Crippen molar-refractivity contribution in [3.05, 3.63) is 30.3 Å². The van der Waals surface area contributed by atoms with Crippen LogP contribution in [0.2, 0.25) is 0 Å². The van der Waals surface area contributed by atoms with E-state index >= 15 is 0 Å². The Morgan fingerprint density at radius 2 is 1.12 bits per heavy atom. The SMILES string of the molecule is [B]c1cc2c3c([B])cccc3c3c([B])cc([B])c([B])c3c2c([B])c1[B]. The Morgan fingerprint density at radius 3 is 1.84 bits per heavy atom. The van der Waals surface area contributed by atoms with Crippen LogP contribution in [-0.4, -0.2) is 54.9 Å². The van der Waals surface area contributed by atoms with Gasteiger partial charge in [-0.1, -0.05) is 52.2 Å². The van der Waals surface area contributed by atoms with Crippen molar-refractivity contribution >= 4 is 125 Å². The van der Waals surface area contributed by atoms with Crippen molar-refractivity contribution in [3.8, 4) is 0 Å². The Balaban J connectivity index is 2.54. The minimum Gasteiger partial charge on any atom is -0.110 e. The molecule has 0 atom stereocenters. The van der Waals surface area contributed by atoms with Gasteiger partial charge in [-0.15, -0.1) is 16.4 Å². The number of fused-ring (bicyclic) bond motifs is 6. The van der Waals surface area contributed by atoms with E-state index in [-0.39, 0.29) is 0 Å². The zero-order chi connectivity index (χ0) is 18.0. The first-order valence-corrected chi connectivity index (χ1v) is 7.67. The molecule has 0 amide bonds. The zero-order valence-electron chi connectivity index (χ0n) is 13.4. The van der Waals surface area contributed by atoms with Crippen molar-refractivity contribution in [1.29, 1.82) is 0 Å². The Kier molecular flexibility index (Phi) is 3.69. The Hall–Kier alpha value is -1.89. The predicted octanol–water partition coefficient (Wildman–Crippen LogP) is -3.30. The van der Waals surface area contributed by atoms with Crippen LogP contribution >= 0.6 is 0 Å². The van der Waals surface area contributed by atoms with Gasteiger partial charge < -0.3 is 0 Å². The zero-order valence-corrected chi connectivity index (χ0v) is 13.4. The summed E-state index contributed by atoms with van der Waals surface area (Å²) in [6.07, 6.45) is 0. The molecule has 0 fully saturated rings. The summed E-state index contributed by atoms with van der Waals surface area (Å²) in [5.74, 6) is 0. The lowest BCUT2D eigenvalue weighted by Crippen LogP contribution is -2.40. The highest BCUT2D eigenvalue weighted by molar-refractivity contribution is 6.65. The summed E-state index contributed by atoms with van der Waals surface area (Å²) in [6, 6.07) is 9.01. The molecule has 14 radical (unpaired) electrons.